The molecule has 0 radical (unpaired) electrons. The number of nitrogens with zero attached hydrogens (tertiary/aromatic N) is 3. The molecule has 0 aliphatic carbocycles. The maximum atomic E-state index is 6.60. The molecule has 1 spiro atoms. The van der Waals surface area contributed by atoms with Crippen LogP contribution in [0, 0.1) is 11.3 Å². The fourth-order valence-corrected chi connectivity index (χ4v) is 5.55. The molecule has 0 N–H and O–H groups in total. The van der Waals surface area contributed by atoms with Crippen molar-refractivity contribution in [1.82, 2.24) is 14.7 Å². The zero-order chi connectivity index (χ0) is 20.1. The van der Waals surface area contributed by atoms with Gasteiger partial charge in [-0.25, -0.2) is 0 Å². The molecule has 2 saturated heterocycles. The number of hydrogen-bond acceptors (Lipinski definition) is 4. The molecule has 1 aromatic carbocycles. The first kappa shape index (κ1) is 19.1. The number of aromatic nitrogens is 2. The highest BCUT2D eigenvalue weighted by atomic mass is 16.5. The van der Waals surface area contributed by atoms with Crippen molar-refractivity contribution in [2.45, 2.75) is 64.8 Å². The van der Waals surface area contributed by atoms with Crippen LogP contribution >= 0.6 is 0 Å². The molecular weight excluding hydrogens is 362 g/mol. The molecule has 0 amide bonds. The highest BCUT2D eigenvalue weighted by Gasteiger charge is 2.52. The lowest BCUT2D eigenvalue weighted by molar-refractivity contribution is -0.174. The molecule has 5 nitrogen and oxygen atoms in total. The van der Waals surface area contributed by atoms with Crippen molar-refractivity contribution in [3.8, 4) is 5.75 Å². The van der Waals surface area contributed by atoms with Gasteiger partial charge in [-0.3, -0.25) is 9.58 Å². The lowest BCUT2D eigenvalue weighted by Crippen LogP contribution is -2.54. The number of likely N-dealkylation sites (tertiary alicyclic amines) is 1. The quantitative estimate of drug-likeness (QED) is 0.771. The molecule has 2 fully saturated rings. The molecule has 4 heterocycles. The van der Waals surface area contributed by atoms with Crippen molar-refractivity contribution in [3.63, 3.8) is 0 Å². The largest absolute Gasteiger partial charge is 0.487 e. The summed E-state index contributed by atoms with van der Waals surface area (Å²) in [6.07, 6.45) is 7.96. The second kappa shape index (κ2) is 7.13. The minimum atomic E-state index is -0.196. The van der Waals surface area contributed by atoms with Gasteiger partial charge in [0.25, 0.3) is 0 Å². The maximum Gasteiger partial charge on any atom is 0.125 e. The fourth-order valence-electron chi connectivity index (χ4n) is 5.55. The third-order valence-corrected chi connectivity index (χ3v) is 7.41. The number of para-hydroxylation sites is 1. The lowest BCUT2D eigenvalue weighted by Gasteiger charge is -2.54. The first-order chi connectivity index (χ1) is 14.0. The van der Waals surface area contributed by atoms with Crippen LogP contribution < -0.4 is 4.74 Å². The molecule has 0 unspecified atom stereocenters. The Morgan fingerprint density at radius 2 is 1.97 bits per heavy atom. The van der Waals surface area contributed by atoms with Gasteiger partial charge in [-0.1, -0.05) is 18.2 Å². The summed E-state index contributed by atoms with van der Waals surface area (Å²) in [5, 5.41) is 4.42. The molecule has 2 aromatic rings. The zero-order valence-corrected chi connectivity index (χ0v) is 17.9. The van der Waals surface area contributed by atoms with E-state index in [-0.39, 0.29) is 17.1 Å². The van der Waals surface area contributed by atoms with Crippen LogP contribution in [0.2, 0.25) is 0 Å². The predicted octanol–water partition coefficient (Wildman–Crippen LogP) is 4.43. The SMILES string of the molecule is CCn1cc(CN2CCC3(CC2)CO[C@@H]2c4ccccc4OC(C)(C)[C@H]2C3)cn1. The van der Waals surface area contributed by atoms with Gasteiger partial charge in [0.1, 0.15) is 11.4 Å². The Morgan fingerprint density at radius 3 is 2.72 bits per heavy atom. The fraction of sp³-hybridized carbons (Fsp3) is 0.625. The summed E-state index contributed by atoms with van der Waals surface area (Å²) >= 11 is 0. The van der Waals surface area contributed by atoms with Crippen molar-refractivity contribution < 1.29 is 9.47 Å². The second-order valence-corrected chi connectivity index (χ2v) is 9.77. The summed E-state index contributed by atoms with van der Waals surface area (Å²) in [4.78, 5) is 2.58. The summed E-state index contributed by atoms with van der Waals surface area (Å²) in [5.74, 6) is 1.40. The van der Waals surface area contributed by atoms with Crippen LogP contribution in [0.4, 0.5) is 0 Å². The smallest absolute Gasteiger partial charge is 0.125 e. The van der Waals surface area contributed by atoms with Gasteiger partial charge in [-0.05, 0) is 64.6 Å². The minimum Gasteiger partial charge on any atom is -0.487 e. The van der Waals surface area contributed by atoms with Crippen LogP contribution in [-0.2, 0) is 17.8 Å². The molecule has 3 aliphatic rings. The highest BCUT2D eigenvalue weighted by molar-refractivity contribution is 5.39. The van der Waals surface area contributed by atoms with Gasteiger partial charge in [0, 0.05) is 36.3 Å². The van der Waals surface area contributed by atoms with Gasteiger partial charge in [0.15, 0.2) is 0 Å². The van der Waals surface area contributed by atoms with Crippen molar-refractivity contribution in [2.75, 3.05) is 19.7 Å². The van der Waals surface area contributed by atoms with Crippen molar-refractivity contribution >= 4 is 0 Å². The minimum absolute atomic E-state index is 0.165. The summed E-state index contributed by atoms with van der Waals surface area (Å²) in [6, 6.07) is 8.42. The number of rotatable bonds is 3. The van der Waals surface area contributed by atoms with E-state index in [0.29, 0.717) is 5.92 Å². The highest BCUT2D eigenvalue weighted by Crippen LogP contribution is 2.55. The van der Waals surface area contributed by atoms with Crippen LogP contribution in [0.15, 0.2) is 36.7 Å². The van der Waals surface area contributed by atoms with Gasteiger partial charge in [-0.15, -0.1) is 0 Å². The monoisotopic (exact) mass is 395 g/mol. The van der Waals surface area contributed by atoms with Crippen LogP contribution in [0.3, 0.4) is 0 Å². The number of ether oxygens (including phenoxy) is 2. The van der Waals surface area contributed by atoms with E-state index in [1.165, 1.54) is 30.4 Å². The molecule has 0 saturated carbocycles. The van der Waals surface area contributed by atoms with Gasteiger partial charge in [-0.2, -0.15) is 5.10 Å². The molecule has 5 rings (SSSR count). The van der Waals surface area contributed by atoms with E-state index < -0.39 is 0 Å². The number of aryl methyl sites for hydroxylation is 1. The van der Waals surface area contributed by atoms with Gasteiger partial charge < -0.3 is 9.47 Å². The summed E-state index contributed by atoms with van der Waals surface area (Å²) in [6.45, 7) is 11.7. The lowest BCUT2D eigenvalue weighted by atomic mass is 9.64. The van der Waals surface area contributed by atoms with E-state index in [4.69, 9.17) is 9.47 Å². The third-order valence-electron chi connectivity index (χ3n) is 7.41. The van der Waals surface area contributed by atoms with Crippen molar-refractivity contribution in [2.24, 2.45) is 11.3 Å². The summed E-state index contributed by atoms with van der Waals surface area (Å²) < 4.78 is 15.0. The van der Waals surface area contributed by atoms with E-state index in [2.05, 4.69) is 61.2 Å². The normalized spacial score (nSPS) is 27.8. The van der Waals surface area contributed by atoms with Gasteiger partial charge in [0.2, 0.25) is 0 Å². The van der Waals surface area contributed by atoms with Crippen molar-refractivity contribution in [1.29, 1.82) is 0 Å². The Kier molecular flexibility index (Phi) is 4.71. The van der Waals surface area contributed by atoms with Crippen LogP contribution in [-0.4, -0.2) is 40.0 Å². The number of hydrogen-bond donors (Lipinski definition) is 0. The van der Waals surface area contributed by atoms with E-state index in [9.17, 15) is 0 Å². The Bertz CT molecular complexity index is 867. The van der Waals surface area contributed by atoms with Gasteiger partial charge >= 0.3 is 0 Å². The Labute approximate surface area is 174 Å². The number of benzene rings is 1. The molecular formula is C24H33N3O2. The third kappa shape index (κ3) is 3.49. The number of fused-ring (bicyclic) bond motifs is 3. The Morgan fingerprint density at radius 1 is 1.17 bits per heavy atom. The molecule has 0 bridgehead atoms. The molecule has 156 valence electrons. The van der Waals surface area contributed by atoms with Crippen LogP contribution in [0.25, 0.3) is 0 Å². The molecule has 1 aromatic heterocycles. The van der Waals surface area contributed by atoms with Crippen molar-refractivity contribution in [3.05, 3.63) is 47.8 Å². The predicted molar refractivity (Wildman–Crippen MR) is 113 cm³/mol. The molecule has 29 heavy (non-hydrogen) atoms. The molecule has 3 aliphatic heterocycles. The summed E-state index contributed by atoms with van der Waals surface area (Å²) in [7, 11) is 0. The van der Waals surface area contributed by atoms with E-state index in [0.717, 1.165) is 38.5 Å². The maximum absolute atomic E-state index is 6.60. The van der Waals surface area contributed by atoms with Crippen LogP contribution in [0.5, 0.6) is 5.75 Å². The number of piperidine rings is 1. The average Bonchev–Trinajstić information content (AvgIpc) is 3.18. The Hall–Kier alpha value is -1.85. The average molecular weight is 396 g/mol. The van der Waals surface area contributed by atoms with Gasteiger partial charge in [0.05, 0.1) is 18.9 Å². The summed E-state index contributed by atoms with van der Waals surface area (Å²) in [5.41, 5.74) is 2.65. The van der Waals surface area contributed by atoms with E-state index in [1.54, 1.807) is 0 Å². The first-order valence-corrected chi connectivity index (χ1v) is 11.1. The molecule has 2 atom stereocenters. The van der Waals surface area contributed by atoms with E-state index >= 15 is 0 Å². The van der Waals surface area contributed by atoms with Crippen LogP contribution in [0.1, 0.15) is 57.3 Å². The van der Waals surface area contributed by atoms with E-state index in [1.807, 2.05) is 10.9 Å². The molecule has 5 heteroatoms. The second-order valence-electron chi connectivity index (χ2n) is 9.77. The standard InChI is InChI=1S/C24H33N3O2/c1-4-27-16-18(14-25-27)15-26-11-9-24(10-12-26)13-20-22(28-17-24)19-7-5-6-8-21(19)29-23(20,2)3/h5-8,14,16,20,22H,4,9-13,15,17H2,1-3H3/t20-,22+/m0/s1. The topological polar surface area (TPSA) is 39.5 Å². The Balaban J connectivity index is 1.27. The first-order valence-electron chi connectivity index (χ1n) is 11.1. The zero-order valence-electron chi connectivity index (χ0n) is 17.9.